The van der Waals surface area contributed by atoms with Crippen molar-refractivity contribution in [2.45, 2.75) is 96.0 Å². The van der Waals surface area contributed by atoms with Crippen molar-refractivity contribution in [3.8, 4) is 0 Å². The monoisotopic (exact) mass is 351 g/mol. The molecule has 5 N–H and O–H groups in total. The number of aliphatic hydroxyl groups excluding tert-OH is 3. The zero-order valence-electron chi connectivity index (χ0n) is 16.1. The zero-order valence-corrected chi connectivity index (χ0v) is 16.1. The number of nitrogens with two attached hydrogens (primary N) is 1. The van der Waals surface area contributed by atoms with E-state index >= 15 is 0 Å². The van der Waals surface area contributed by atoms with Gasteiger partial charge in [0.05, 0.1) is 18.3 Å². The van der Waals surface area contributed by atoms with Crippen LogP contribution in [-0.4, -0.2) is 39.2 Å². The molecule has 0 amide bonds. The van der Waals surface area contributed by atoms with Crippen molar-refractivity contribution < 1.29 is 15.3 Å². The summed E-state index contributed by atoms with van der Waals surface area (Å²) in [7, 11) is 0. The molecule has 4 rings (SSSR count). The highest BCUT2D eigenvalue weighted by molar-refractivity contribution is 5.22. The summed E-state index contributed by atoms with van der Waals surface area (Å²) in [5, 5.41) is 31.8. The van der Waals surface area contributed by atoms with Gasteiger partial charge in [-0.25, -0.2) is 0 Å². The first-order chi connectivity index (χ1) is 11.6. The Bertz CT molecular complexity index is 539. The Morgan fingerprint density at radius 2 is 1.68 bits per heavy atom. The molecular formula is C21H37NO3. The van der Waals surface area contributed by atoms with Crippen LogP contribution in [0.1, 0.15) is 72.1 Å². The van der Waals surface area contributed by atoms with Gasteiger partial charge >= 0.3 is 0 Å². The first-order valence-electron chi connectivity index (χ1n) is 10.5. The highest BCUT2D eigenvalue weighted by atomic mass is 16.3. The second kappa shape index (κ2) is 5.67. The van der Waals surface area contributed by atoms with E-state index < -0.39 is 12.2 Å². The number of hydrogen-bond donors (Lipinski definition) is 4. The standard InChI is InChI=1S/C21H37NO3/c1-12(23)15-7-9-21(22)16-5-4-13-10-14(24)6-8-19(13,2)17(16)11-18(25)20(15,21)3/h12-18,23-25H,4-11,22H2,1-3H3/t12?,13?,14?,15-,16-,17+,18?,19+,20+,21-/m1/s1. The van der Waals surface area contributed by atoms with Crippen molar-refractivity contribution in [3.63, 3.8) is 0 Å². The van der Waals surface area contributed by atoms with Gasteiger partial charge in [-0.05, 0) is 87.4 Å². The van der Waals surface area contributed by atoms with Gasteiger partial charge in [-0.3, -0.25) is 0 Å². The highest BCUT2D eigenvalue weighted by Crippen LogP contribution is 2.68. The first kappa shape index (κ1) is 18.2. The number of fused-ring (bicyclic) bond motifs is 5. The van der Waals surface area contributed by atoms with Crippen LogP contribution in [0.5, 0.6) is 0 Å². The minimum Gasteiger partial charge on any atom is -0.393 e. The third-order valence-electron chi connectivity index (χ3n) is 9.72. The van der Waals surface area contributed by atoms with Crippen LogP contribution in [0.25, 0.3) is 0 Å². The van der Waals surface area contributed by atoms with E-state index in [1.807, 2.05) is 6.92 Å². The smallest absolute Gasteiger partial charge is 0.0618 e. The lowest BCUT2D eigenvalue weighted by molar-refractivity contribution is -0.187. The summed E-state index contributed by atoms with van der Waals surface area (Å²) in [5.74, 6) is 1.53. The van der Waals surface area contributed by atoms with Gasteiger partial charge in [-0.2, -0.15) is 0 Å². The quantitative estimate of drug-likeness (QED) is 0.584. The average Bonchev–Trinajstić information content (AvgIpc) is 2.83. The third kappa shape index (κ3) is 2.20. The lowest BCUT2D eigenvalue weighted by atomic mass is 9.42. The zero-order chi connectivity index (χ0) is 18.2. The summed E-state index contributed by atoms with van der Waals surface area (Å²) in [6.45, 7) is 6.42. The topological polar surface area (TPSA) is 86.7 Å². The number of hydrogen-bond acceptors (Lipinski definition) is 4. The Hall–Kier alpha value is -0.160. The van der Waals surface area contributed by atoms with Crippen molar-refractivity contribution in [1.29, 1.82) is 0 Å². The molecule has 4 unspecified atom stereocenters. The van der Waals surface area contributed by atoms with Crippen LogP contribution in [0.3, 0.4) is 0 Å². The maximum Gasteiger partial charge on any atom is 0.0618 e. The molecule has 4 nitrogen and oxygen atoms in total. The second-order valence-electron chi connectivity index (χ2n) is 10.4. The molecule has 144 valence electrons. The first-order valence-corrected chi connectivity index (χ1v) is 10.5. The van der Waals surface area contributed by atoms with Gasteiger partial charge < -0.3 is 21.1 Å². The lowest BCUT2D eigenvalue weighted by Gasteiger charge is -2.65. The highest BCUT2D eigenvalue weighted by Gasteiger charge is 2.69. The van der Waals surface area contributed by atoms with Crippen molar-refractivity contribution in [2.24, 2.45) is 40.2 Å². The Labute approximate surface area is 152 Å². The molecule has 0 aliphatic heterocycles. The van der Waals surface area contributed by atoms with E-state index in [1.54, 1.807) is 0 Å². The van der Waals surface area contributed by atoms with Crippen LogP contribution < -0.4 is 5.73 Å². The molecule has 0 bridgehead atoms. The van der Waals surface area contributed by atoms with Crippen molar-refractivity contribution in [3.05, 3.63) is 0 Å². The van der Waals surface area contributed by atoms with Crippen LogP contribution in [0.4, 0.5) is 0 Å². The Morgan fingerprint density at radius 3 is 2.36 bits per heavy atom. The molecule has 25 heavy (non-hydrogen) atoms. The fourth-order valence-electron chi connectivity index (χ4n) is 8.10. The molecule has 0 spiro atoms. The van der Waals surface area contributed by atoms with Crippen LogP contribution in [0.15, 0.2) is 0 Å². The van der Waals surface area contributed by atoms with E-state index in [-0.39, 0.29) is 28.4 Å². The fourth-order valence-corrected chi connectivity index (χ4v) is 8.10. The van der Waals surface area contributed by atoms with Crippen LogP contribution in [0.2, 0.25) is 0 Å². The van der Waals surface area contributed by atoms with Crippen LogP contribution >= 0.6 is 0 Å². The summed E-state index contributed by atoms with van der Waals surface area (Å²) >= 11 is 0. The molecule has 4 fully saturated rings. The minimum absolute atomic E-state index is 0.0900. The summed E-state index contributed by atoms with van der Waals surface area (Å²) in [5.41, 5.74) is 6.59. The lowest BCUT2D eigenvalue weighted by Crippen LogP contribution is -2.71. The van der Waals surface area contributed by atoms with Gasteiger partial charge in [-0.1, -0.05) is 13.8 Å². The minimum atomic E-state index is -0.441. The predicted molar refractivity (Wildman–Crippen MR) is 97.7 cm³/mol. The van der Waals surface area contributed by atoms with E-state index in [0.29, 0.717) is 17.8 Å². The van der Waals surface area contributed by atoms with Crippen LogP contribution in [-0.2, 0) is 0 Å². The van der Waals surface area contributed by atoms with Gasteiger partial charge in [0.15, 0.2) is 0 Å². The molecule has 10 atom stereocenters. The summed E-state index contributed by atoms with van der Waals surface area (Å²) in [6.07, 6.45) is 6.77. The molecule has 0 saturated heterocycles. The van der Waals surface area contributed by atoms with Crippen molar-refractivity contribution >= 4 is 0 Å². The van der Waals surface area contributed by atoms with Crippen molar-refractivity contribution in [2.75, 3.05) is 0 Å². The molecule has 0 radical (unpaired) electrons. The Morgan fingerprint density at radius 1 is 0.960 bits per heavy atom. The van der Waals surface area contributed by atoms with E-state index in [1.165, 1.54) is 0 Å². The number of rotatable bonds is 1. The molecular weight excluding hydrogens is 314 g/mol. The number of aliphatic hydroxyl groups is 3. The molecule has 4 aliphatic rings. The van der Waals surface area contributed by atoms with E-state index in [9.17, 15) is 15.3 Å². The summed E-state index contributed by atoms with van der Waals surface area (Å²) in [4.78, 5) is 0. The van der Waals surface area contributed by atoms with Gasteiger partial charge in [0.25, 0.3) is 0 Å². The molecule has 0 heterocycles. The average molecular weight is 352 g/mol. The van der Waals surface area contributed by atoms with Crippen LogP contribution in [0, 0.1) is 34.5 Å². The van der Waals surface area contributed by atoms with Gasteiger partial charge in [0.1, 0.15) is 0 Å². The third-order valence-corrected chi connectivity index (χ3v) is 9.72. The molecule has 4 heteroatoms. The van der Waals surface area contributed by atoms with Gasteiger partial charge in [0, 0.05) is 11.0 Å². The fraction of sp³-hybridized carbons (Fsp3) is 1.00. The maximum absolute atomic E-state index is 11.3. The molecule has 4 saturated carbocycles. The van der Waals surface area contributed by atoms with Crippen molar-refractivity contribution in [1.82, 2.24) is 0 Å². The Kier molecular flexibility index (Phi) is 4.13. The van der Waals surface area contributed by atoms with Gasteiger partial charge in [-0.15, -0.1) is 0 Å². The molecule has 0 aromatic rings. The van der Waals surface area contributed by atoms with E-state index in [2.05, 4.69) is 13.8 Å². The molecule has 0 aromatic heterocycles. The maximum atomic E-state index is 11.3. The van der Waals surface area contributed by atoms with Gasteiger partial charge in [0.2, 0.25) is 0 Å². The van der Waals surface area contributed by atoms with E-state index in [0.717, 1.165) is 51.4 Å². The normalized spacial score (nSPS) is 59.6. The predicted octanol–water partition coefficient (Wildman–Crippen LogP) is 2.44. The molecule has 0 aromatic carbocycles. The second-order valence-corrected chi connectivity index (χ2v) is 10.4. The Balaban J connectivity index is 1.71. The summed E-state index contributed by atoms with van der Waals surface area (Å²) in [6, 6.07) is 0. The largest absolute Gasteiger partial charge is 0.393 e. The molecule has 4 aliphatic carbocycles. The SMILES string of the molecule is CC(O)[C@H]1CC[C@@]2(N)[C@@H]3CCC4CC(O)CC[C@]4(C)[C@H]3CC(O)[C@]12C. The van der Waals surface area contributed by atoms with E-state index in [4.69, 9.17) is 5.73 Å². The summed E-state index contributed by atoms with van der Waals surface area (Å²) < 4.78 is 0.